The first kappa shape index (κ1) is 24.9. The fourth-order valence-electron chi connectivity index (χ4n) is 5.05. The quantitative estimate of drug-likeness (QED) is 0.411. The second-order valence-corrected chi connectivity index (χ2v) is 9.51. The number of aromatic nitrogens is 2. The van der Waals surface area contributed by atoms with E-state index < -0.39 is 11.7 Å². The number of benzene rings is 1. The summed E-state index contributed by atoms with van der Waals surface area (Å²) in [6.07, 6.45) is -0.475. The number of aryl methyl sites for hydroxylation is 4. The summed E-state index contributed by atoms with van der Waals surface area (Å²) < 4.78 is 44.0. The molecule has 1 saturated heterocycles. The molecule has 8 heteroatoms. The molecule has 0 unspecified atom stereocenters. The number of carbonyl (C=O) groups is 1. The summed E-state index contributed by atoms with van der Waals surface area (Å²) >= 11 is 0. The lowest BCUT2D eigenvalue weighted by molar-refractivity contribution is -0.137. The summed E-state index contributed by atoms with van der Waals surface area (Å²) in [7, 11) is 0. The van der Waals surface area contributed by atoms with Gasteiger partial charge in [-0.3, -0.25) is 9.78 Å². The second-order valence-electron chi connectivity index (χ2n) is 9.51. The Morgan fingerprint density at radius 3 is 2.57 bits per heavy atom. The van der Waals surface area contributed by atoms with Crippen molar-refractivity contribution in [3.05, 3.63) is 70.4 Å². The van der Waals surface area contributed by atoms with Crippen LogP contribution >= 0.6 is 0 Å². The third-order valence-electron chi connectivity index (χ3n) is 6.93. The number of hydrogen-bond donors (Lipinski definition) is 0. The van der Waals surface area contributed by atoms with E-state index in [0.717, 1.165) is 47.5 Å². The number of pyridine rings is 1. The predicted molar refractivity (Wildman–Crippen MR) is 127 cm³/mol. The number of likely N-dealkylation sites (tertiary alicyclic amines) is 1. The van der Waals surface area contributed by atoms with Gasteiger partial charge in [0.25, 0.3) is 5.91 Å². The van der Waals surface area contributed by atoms with Crippen LogP contribution in [0, 0.1) is 26.7 Å². The number of halogens is 3. The molecule has 186 valence electrons. The Bertz CT molecular complexity index is 1180. The van der Waals surface area contributed by atoms with E-state index in [1.54, 1.807) is 0 Å². The lowest BCUT2D eigenvalue weighted by Crippen LogP contribution is -2.48. The highest BCUT2D eigenvalue weighted by molar-refractivity contribution is 6.01. The first-order valence-electron chi connectivity index (χ1n) is 11.9. The van der Waals surface area contributed by atoms with E-state index in [9.17, 15) is 18.0 Å². The zero-order valence-corrected chi connectivity index (χ0v) is 20.4. The Morgan fingerprint density at radius 1 is 1.17 bits per heavy atom. The van der Waals surface area contributed by atoms with Crippen LogP contribution in [0.2, 0.25) is 0 Å². The molecule has 0 spiro atoms. The SMILES string of the molecule is Cc1ccc(-c2c(C)noc2C)c(C(=O)N2CCC[C@@H](C)[C@H]2CCc2ccc(C(F)(F)F)cn2)c1. The average Bonchev–Trinajstić information content (AvgIpc) is 3.15. The molecule has 0 N–H and O–H groups in total. The van der Waals surface area contributed by atoms with Gasteiger partial charge in [-0.15, -0.1) is 0 Å². The fourth-order valence-corrected chi connectivity index (χ4v) is 5.05. The molecule has 3 aromatic rings. The molecule has 35 heavy (non-hydrogen) atoms. The number of nitrogens with zero attached hydrogens (tertiary/aromatic N) is 3. The molecule has 1 fully saturated rings. The largest absolute Gasteiger partial charge is 0.417 e. The lowest BCUT2D eigenvalue weighted by Gasteiger charge is -2.40. The summed E-state index contributed by atoms with van der Waals surface area (Å²) in [5, 5.41) is 4.06. The zero-order chi connectivity index (χ0) is 25.3. The maximum Gasteiger partial charge on any atom is 0.417 e. The Labute approximate surface area is 203 Å². The zero-order valence-electron chi connectivity index (χ0n) is 20.4. The number of piperidine rings is 1. The first-order valence-corrected chi connectivity index (χ1v) is 11.9. The van der Waals surface area contributed by atoms with E-state index >= 15 is 0 Å². The van der Waals surface area contributed by atoms with Gasteiger partial charge >= 0.3 is 6.18 Å². The van der Waals surface area contributed by atoms with Crippen LogP contribution in [0.4, 0.5) is 13.2 Å². The van der Waals surface area contributed by atoms with Crippen molar-refractivity contribution in [1.82, 2.24) is 15.0 Å². The van der Waals surface area contributed by atoms with Crippen molar-refractivity contribution in [2.75, 3.05) is 6.54 Å². The van der Waals surface area contributed by atoms with Gasteiger partial charge in [0, 0.05) is 35.6 Å². The van der Waals surface area contributed by atoms with Crippen molar-refractivity contribution in [1.29, 1.82) is 0 Å². The van der Waals surface area contributed by atoms with Crippen LogP contribution in [0.5, 0.6) is 0 Å². The van der Waals surface area contributed by atoms with Gasteiger partial charge in [0.2, 0.25) is 0 Å². The Balaban J connectivity index is 1.60. The van der Waals surface area contributed by atoms with Gasteiger partial charge in [-0.05, 0) is 76.1 Å². The Hall–Kier alpha value is -3.16. The van der Waals surface area contributed by atoms with Crippen molar-refractivity contribution < 1.29 is 22.5 Å². The monoisotopic (exact) mass is 485 g/mol. The van der Waals surface area contributed by atoms with Gasteiger partial charge in [0.05, 0.1) is 11.3 Å². The maximum atomic E-state index is 13.9. The van der Waals surface area contributed by atoms with Crippen LogP contribution in [0.1, 0.15) is 64.8 Å². The lowest BCUT2D eigenvalue weighted by atomic mass is 9.86. The van der Waals surface area contributed by atoms with E-state index in [0.29, 0.717) is 36.4 Å². The molecule has 0 saturated carbocycles. The number of hydrogen-bond acceptors (Lipinski definition) is 4. The smallest absolute Gasteiger partial charge is 0.361 e. The number of amides is 1. The number of carbonyl (C=O) groups excluding carboxylic acids is 1. The van der Waals surface area contributed by atoms with Crippen molar-refractivity contribution in [3.8, 4) is 11.1 Å². The van der Waals surface area contributed by atoms with Crippen LogP contribution in [-0.4, -0.2) is 33.5 Å². The summed E-state index contributed by atoms with van der Waals surface area (Å²) in [5.41, 5.74) is 3.82. The highest BCUT2D eigenvalue weighted by atomic mass is 19.4. The molecule has 1 aliphatic heterocycles. The van der Waals surface area contributed by atoms with Crippen LogP contribution < -0.4 is 0 Å². The molecular weight excluding hydrogens is 455 g/mol. The molecule has 1 aliphatic rings. The molecular formula is C27H30F3N3O2. The van der Waals surface area contributed by atoms with E-state index in [-0.39, 0.29) is 17.9 Å². The van der Waals surface area contributed by atoms with Gasteiger partial charge < -0.3 is 9.42 Å². The van der Waals surface area contributed by atoms with Gasteiger partial charge in [-0.1, -0.05) is 29.8 Å². The Morgan fingerprint density at radius 2 is 1.94 bits per heavy atom. The molecule has 0 bridgehead atoms. The molecule has 2 atom stereocenters. The van der Waals surface area contributed by atoms with Crippen molar-refractivity contribution >= 4 is 5.91 Å². The highest BCUT2D eigenvalue weighted by Crippen LogP contribution is 2.34. The van der Waals surface area contributed by atoms with Crippen LogP contribution in [0.15, 0.2) is 41.1 Å². The van der Waals surface area contributed by atoms with E-state index in [2.05, 4.69) is 17.1 Å². The molecule has 2 aromatic heterocycles. The average molecular weight is 486 g/mol. The molecule has 5 nitrogen and oxygen atoms in total. The molecule has 1 aromatic carbocycles. The van der Waals surface area contributed by atoms with Crippen molar-refractivity contribution in [2.45, 2.75) is 65.6 Å². The highest BCUT2D eigenvalue weighted by Gasteiger charge is 2.34. The Kier molecular flexibility index (Phi) is 7.01. The van der Waals surface area contributed by atoms with Crippen LogP contribution in [0.25, 0.3) is 11.1 Å². The summed E-state index contributed by atoms with van der Waals surface area (Å²) in [4.78, 5) is 19.9. The van der Waals surface area contributed by atoms with Crippen molar-refractivity contribution in [2.24, 2.45) is 5.92 Å². The van der Waals surface area contributed by atoms with Gasteiger partial charge in [-0.25, -0.2) is 0 Å². The van der Waals surface area contributed by atoms with Crippen LogP contribution in [-0.2, 0) is 12.6 Å². The minimum atomic E-state index is -4.40. The minimum absolute atomic E-state index is 0.0293. The normalized spacial score (nSPS) is 18.7. The standard InChI is InChI=1S/C27H30F3N3O2/c1-16-7-11-22(25-18(3)32-35-19(25)4)23(14-16)26(34)33-13-5-6-17(2)24(33)12-10-21-9-8-20(15-31-21)27(28,29)30/h7-9,11,14-15,17,24H,5-6,10,12-13H2,1-4H3/t17-,24-/m1/s1. The fraction of sp³-hybridized carbons (Fsp3) is 0.444. The maximum absolute atomic E-state index is 13.9. The third kappa shape index (κ3) is 5.26. The van der Waals surface area contributed by atoms with Crippen LogP contribution in [0.3, 0.4) is 0 Å². The molecule has 0 radical (unpaired) electrons. The summed E-state index contributed by atoms with van der Waals surface area (Å²) in [6, 6.07) is 8.31. The molecule has 1 amide bonds. The van der Waals surface area contributed by atoms with E-state index in [1.165, 1.54) is 6.07 Å². The molecule has 3 heterocycles. The summed E-state index contributed by atoms with van der Waals surface area (Å²) in [6.45, 7) is 8.44. The van der Waals surface area contributed by atoms with Gasteiger partial charge in [-0.2, -0.15) is 13.2 Å². The number of rotatable bonds is 5. The van der Waals surface area contributed by atoms with E-state index in [1.807, 2.05) is 43.9 Å². The number of alkyl halides is 3. The predicted octanol–water partition coefficient (Wildman–Crippen LogP) is 6.55. The first-order chi connectivity index (χ1) is 16.6. The molecule has 4 rings (SSSR count). The third-order valence-corrected chi connectivity index (χ3v) is 6.93. The molecule has 0 aliphatic carbocycles. The second kappa shape index (κ2) is 9.84. The van der Waals surface area contributed by atoms with Gasteiger partial charge in [0.1, 0.15) is 5.76 Å². The van der Waals surface area contributed by atoms with E-state index in [4.69, 9.17) is 4.52 Å². The summed E-state index contributed by atoms with van der Waals surface area (Å²) in [5.74, 6) is 0.896. The topological polar surface area (TPSA) is 59.2 Å². The van der Waals surface area contributed by atoms with Gasteiger partial charge in [0.15, 0.2) is 0 Å². The minimum Gasteiger partial charge on any atom is -0.361 e. The van der Waals surface area contributed by atoms with Crippen molar-refractivity contribution in [3.63, 3.8) is 0 Å².